The van der Waals surface area contributed by atoms with Crippen LogP contribution in [-0.2, 0) is 5.41 Å². The maximum Gasteiger partial charge on any atom is 0.0625 e. The summed E-state index contributed by atoms with van der Waals surface area (Å²) in [6.45, 7) is 4.72. The molecule has 0 fully saturated rings. The van der Waals surface area contributed by atoms with Gasteiger partial charge in [-0.1, -0.05) is 196 Å². The van der Waals surface area contributed by atoms with Gasteiger partial charge in [-0.15, -0.1) is 0 Å². The summed E-state index contributed by atoms with van der Waals surface area (Å²) >= 11 is 0. The van der Waals surface area contributed by atoms with Gasteiger partial charge in [0.2, 0.25) is 0 Å². The number of nitrogens with zero attached hydrogens (tertiary/aromatic N) is 2. The van der Waals surface area contributed by atoms with E-state index in [1.165, 1.54) is 98.8 Å². The van der Waals surface area contributed by atoms with Gasteiger partial charge >= 0.3 is 0 Å². The summed E-state index contributed by atoms with van der Waals surface area (Å²) in [5, 5.41) is 10.1. The van der Waals surface area contributed by atoms with E-state index in [9.17, 15) is 0 Å². The first-order chi connectivity index (χ1) is 32.0. The molecular weight excluding hydrogens is 785 g/mol. The summed E-state index contributed by atoms with van der Waals surface area (Å²) in [7, 11) is 0. The van der Waals surface area contributed by atoms with Crippen LogP contribution in [0.1, 0.15) is 25.0 Å². The van der Waals surface area contributed by atoms with Gasteiger partial charge in [0, 0.05) is 44.2 Å². The normalized spacial score (nSPS) is 12.9. The maximum atomic E-state index is 2.53. The number of aromatic nitrogens is 1. The van der Waals surface area contributed by atoms with Crippen molar-refractivity contribution >= 4 is 71.2 Å². The zero-order valence-corrected chi connectivity index (χ0v) is 36.3. The van der Waals surface area contributed by atoms with Crippen molar-refractivity contribution in [3.05, 3.63) is 242 Å². The molecule has 1 aromatic heterocycles. The van der Waals surface area contributed by atoms with Crippen LogP contribution in [0.2, 0.25) is 0 Å². The lowest BCUT2D eigenvalue weighted by Gasteiger charge is -2.28. The van der Waals surface area contributed by atoms with Crippen molar-refractivity contribution in [1.29, 1.82) is 0 Å². The minimum Gasteiger partial charge on any atom is -0.310 e. The summed E-state index contributed by atoms with van der Waals surface area (Å²) < 4.78 is 2.53. The molecule has 0 spiro atoms. The highest BCUT2D eigenvalue weighted by Gasteiger charge is 2.36. The molecule has 1 heterocycles. The zero-order chi connectivity index (χ0) is 43.2. The van der Waals surface area contributed by atoms with Crippen LogP contribution in [0.25, 0.3) is 93.2 Å². The summed E-state index contributed by atoms with van der Waals surface area (Å²) in [5.41, 5.74) is 17.0. The maximum absolute atomic E-state index is 2.53. The number of rotatable bonds is 6. The molecule has 0 aliphatic heterocycles. The largest absolute Gasteiger partial charge is 0.310 e. The van der Waals surface area contributed by atoms with Gasteiger partial charge in [0.25, 0.3) is 0 Å². The van der Waals surface area contributed by atoms with E-state index in [0.29, 0.717) is 0 Å². The van der Waals surface area contributed by atoms with Crippen molar-refractivity contribution in [2.24, 2.45) is 0 Å². The molecule has 306 valence electrons. The molecule has 0 N–H and O–H groups in total. The minimum atomic E-state index is -0.122. The van der Waals surface area contributed by atoms with Crippen LogP contribution in [-0.4, -0.2) is 4.57 Å². The van der Waals surface area contributed by atoms with E-state index in [-0.39, 0.29) is 5.41 Å². The molecule has 0 amide bonds. The molecule has 2 heteroatoms. The van der Waals surface area contributed by atoms with Crippen LogP contribution in [0.5, 0.6) is 0 Å². The molecule has 1 aliphatic carbocycles. The highest BCUT2D eigenvalue weighted by molar-refractivity contribution is 6.29. The van der Waals surface area contributed by atoms with E-state index in [0.717, 1.165) is 22.6 Å². The van der Waals surface area contributed by atoms with E-state index in [1.807, 2.05) is 0 Å². The summed E-state index contributed by atoms with van der Waals surface area (Å²) in [6, 6.07) is 85.2. The van der Waals surface area contributed by atoms with Gasteiger partial charge in [-0.05, 0) is 114 Å². The van der Waals surface area contributed by atoms with Gasteiger partial charge in [-0.3, -0.25) is 0 Å². The molecule has 12 aromatic rings. The first-order valence-corrected chi connectivity index (χ1v) is 22.7. The van der Waals surface area contributed by atoms with Crippen LogP contribution < -0.4 is 4.90 Å². The van der Waals surface area contributed by atoms with Gasteiger partial charge < -0.3 is 9.47 Å². The molecule has 0 radical (unpaired) electrons. The third-order valence-corrected chi connectivity index (χ3v) is 14.2. The van der Waals surface area contributed by atoms with E-state index < -0.39 is 0 Å². The lowest BCUT2D eigenvalue weighted by molar-refractivity contribution is 0.660. The third kappa shape index (κ3) is 5.67. The smallest absolute Gasteiger partial charge is 0.0625 e. The van der Waals surface area contributed by atoms with Crippen molar-refractivity contribution < 1.29 is 0 Å². The molecule has 1 aliphatic rings. The van der Waals surface area contributed by atoms with E-state index in [2.05, 4.69) is 254 Å². The predicted molar refractivity (Wildman–Crippen MR) is 276 cm³/mol. The summed E-state index contributed by atoms with van der Waals surface area (Å²) in [5.74, 6) is 0. The number of hydrogen-bond acceptors (Lipinski definition) is 1. The fraction of sp³-hybridized carbons (Fsp3) is 0.0476. The van der Waals surface area contributed by atoms with Crippen LogP contribution in [0.3, 0.4) is 0 Å². The zero-order valence-electron chi connectivity index (χ0n) is 36.3. The van der Waals surface area contributed by atoms with Gasteiger partial charge in [0.15, 0.2) is 0 Å². The molecule has 11 aromatic carbocycles. The second-order valence-corrected chi connectivity index (χ2v) is 18.0. The lowest BCUT2D eigenvalue weighted by atomic mass is 9.82. The van der Waals surface area contributed by atoms with E-state index in [4.69, 9.17) is 0 Å². The Morgan fingerprint density at radius 3 is 1.42 bits per heavy atom. The number of para-hydroxylation sites is 2. The number of hydrogen-bond donors (Lipinski definition) is 0. The lowest BCUT2D eigenvalue weighted by Crippen LogP contribution is -2.16. The van der Waals surface area contributed by atoms with Crippen molar-refractivity contribution in [3.63, 3.8) is 0 Å². The van der Waals surface area contributed by atoms with Gasteiger partial charge in [0.05, 0.1) is 16.7 Å². The molecule has 0 saturated carbocycles. The first-order valence-electron chi connectivity index (χ1n) is 22.7. The Labute approximate surface area is 378 Å². The van der Waals surface area contributed by atoms with E-state index in [1.54, 1.807) is 0 Å². The molecule has 65 heavy (non-hydrogen) atoms. The number of benzene rings is 11. The predicted octanol–water partition coefficient (Wildman–Crippen LogP) is 17.4. The summed E-state index contributed by atoms with van der Waals surface area (Å²) in [4.78, 5) is 2.42. The standard InChI is InChI=1S/C63H44N2/c1-63(2)57-25-13-10-21-51(57)52-37-36-46(40-58(52)63)64(44-32-28-42(29-33-44)41-16-4-3-5-17-41)45-34-30-43(31-35-45)47-38-39-56-50-20-7-6-18-48(50)49-19-8-9-24-55(49)61(56)62(47)65-59-26-14-11-22-53(59)54-23-12-15-27-60(54)65/h3-40H,1-2H3. The molecule has 13 rings (SSSR count). The average molecular weight is 829 g/mol. The van der Waals surface area contributed by atoms with Crippen LogP contribution >= 0.6 is 0 Å². The Morgan fingerprint density at radius 2 is 0.769 bits per heavy atom. The second-order valence-electron chi connectivity index (χ2n) is 18.0. The average Bonchev–Trinajstić information content (AvgIpc) is 3.82. The quantitative estimate of drug-likeness (QED) is 0.152. The third-order valence-electron chi connectivity index (χ3n) is 14.2. The SMILES string of the molecule is CC1(C)c2ccccc2-c2ccc(N(c3ccc(-c4ccccc4)cc3)c3ccc(-c4ccc5c6ccccc6c6ccccc6c5c4-n4c5ccccc5c5ccccc54)cc3)cc21. The molecule has 0 unspecified atom stereocenters. The molecular formula is C63H44N2. The van der Waals surface area contributed by atoms with E-state index >= 15 is 0 Å². The monoisotopic (exact) mass is 828 g/mol. The van der Waals surface area contributed by atoms with Crippen molar-refractivity contribution in [1.82, 2.24) is 4.57 Å². The van der Waals surface area contributed by atoms with Crippen molar-refractivity contribution in [2.75, 3.05) is 4.90 Å². The second kappa shape index (κ2) is 14.4. The highest BCUT2D eigenvalue weighted by atomic mass is 15.1. The Morgan fingerprint density at radius 1 is 0.323 bits per heavy atom. The van der Waals surface area contributed by atoms with Crippen LogP contribution in [0.15, 0.2) is 231 Å². The molecule has 0 bridgehead atoms. The van der Waals surface area contributed by atoms with Crippen LogP contribution in [0.4, 0.5) is 17.1 Å². The Bertz CT molecular complexity index is 3750. The number of anilines is 3. The topological polar surface area (TPSA) is 8.17 Å². The van der Waals surface area contributed by atoms with Gasteiger partial charge in [0.1, 0.15) is 0 Å². The number of fused-ring (bicyclic) bond motifs is 12. The van der Waals surface area contributed by atoms with Crippen LogP contribution in [0, 0.1) is 0 Å². The highest BCUT2D eigenvalue weighted by Crippen LogP contribution is 2.51. The summed E-state index contributed by atoms with van der Waals surface area (Å²) in [6.07, 6.45) is 0. The van der Waals surface area contributed by atoms with Gasteiger partial charge in [-0.25, -0.2) is 0 Å². The minimum absolute atomic E-state index is 0.122. The van der Waals surface area contributed by atoms with Gasteiger partial charge in [-0.2, -0.15) is 0 Å². The molecule has 0 saturated heterocycles. The van der Waals surface area contributed by atoms with Crippen molar-refractivity contribution in [2.45, 2.75) is 19.3 Å². The Hall–Kier alpha value is -8.20. The fourth-order valence-corrected chi connectivity index (χ4v) is 11.1. The first kappa shape index (κ1) is 37.4. The fourth-order valence-electron chi connectivity index (χ4n) is 11.1. The molecule has 0 atom stereocenters. The Balaban J connectivity index is 1.03. The molecule has 2 nitrogen and oxygen atoms in total. The Kier molecular flexibility index (Phi) is 8.29. The van der Waals surface area contributed by atoms with Crippen molar-refractivity contribution in [3.8, 4) is 39.1 Å².